The van der Waals surface area contributed by atoms with Crippen LogP contribution in [0.15, 0.2) is 41.2 Å². The van der Waals surface area contributed by atoms with Gasteiger partial charge < -0.3 is 19.4 Å². The Morgan fingerprint density at radius 3 is 2.72 bits per heavy atom. The molecular formula is C19H19N3O3. The largest absolute Gasteiger partial charge is 0.493 e. The number of aromatic nitrogens is 2. The summed E-state index contributed by atoms with van der Waals surface area (Å²) in [7, 11) is 3.11. The third-order valence-electron chi connectivity index (χ3n) is 4.58. The fourth-order valence-corrected chi connectivity index (χ4v) is 3.34. The number of methoxy groups -OCH3 is 2. The second kappa shape index (κ2) is 6.12. The fourth-order valence-electron chi connectivity index (χ4n) is 3.34. The van der Waals surface area contributed by atoms with Gasteiger partial charge in [0.25, 0.3) is 5.56 Å². The van der Waals surface area contributed by atoms with Crippen LogP contribution >= 0.6 is 0 Å². The van der Waals surface area contributed by atoms with Gasteiger partial charge in [0.1, 0.15) is 5.82 Å². The molecule has 0 saturated carbocycles. The highest BCUT2D eigenvalue weighted by molar-refractivity contribution is 5.81. The van der Waals surface area contributed by atoms with Crippen molar-refractivity contribution >= 4 is 16.6 Å². The van der Waals surface area contributed by atoms with Crippen molar-refractivity contribution in [3.63, 3.8) is 0 Å². The number of para-hydroxylation sites is 1. The van der Waals surface area contributed by atoms with E-state index in [1.54, 1.807) is 26.4 Å². The third-order valence-corrected chi connectivity index (χ3v) is 4.58. The summed E-state index contributed by atoms with van der Waals surface area (Å²) in [5.41, 5.74) is 2.96. The average Bonchev–Trinajstić information content (AvgIpc) is 3.04. The fraction of sp³-hybridized carbons (Fsp3) is 0.263. The number of fused-ring (bicyclic) bond motifs is 2. The van der Waals surface area contributed by atoms with Crippen molar-refractivity contribution in [2.45, 2.75) is 13.0 Å². The minimum atomic E-state index is -0.173. The van der Waals surface area contributed by atoms with E-state index in [1.165, 1.54) is 11.3 Å². The number of rotatable bonds is 4. The Labute approximate surface area is 145 Å². The number of aromatic amines is 1. The Bertz CT molecular complexity index is 997. The van der Waals surface area contributed by atoms with E-state index in [-0.39, 0.29) is 5.56 Å². The van der Waals surface area contributed by atoms with E-state index in [9.17, 15) is 4.79 Å². The molecule has 1 aromatic heterocycles. The molecular weight excluding hydrogens is 318 g/mol. The monoisotopic (exact) mass is 337 g/mol. The predicted octanol–water partition coefficient (Wildman–Crippen LogP) is 2.50. The number of nitrogens with one attached hydrogen (secondary N) is 1. The zero-order chi connectivity index (χ0) is 17.4. The molecule has 0 spiro atoms. The molecule has 1 aliphatic rings. The van der Waals surface area contributed by atoms with Gasteiger partial charge in [-0.3, -0.25) is 4.79 Å². The zero-order valence-electron chi connectivity index (χ0n) is 14.2. The molecule has 0 amide bonds. The Kier molecular flexibility index (Phi) is 3.80. The van der Waals surface area contributed by atoms with E-state index in [0.717, 1.165) is 13.0 Å². The first-order valence-corrected chi connectivity index (χ1v) is 8.17. The van der Waals surface area contributed by atoms with Crippen molar-refractivity contribution in [3.8, 4) is 11.5 Å². The van der Waals surface area contributed by atoms with Gasteiger partial charge in [0.05, 0.1) is 31.7 Å². The first-order chi connectivity index (χ1) is 12.2. The summed E-state index contributed by atoms with van der Waals surface area (Å²) in [6, 6.07) is 11.7. The van der Waals surface area contributed by atoms with Crippen LogP contribution in [0.5, 0.6) is 11.5 Å². The molecule has 2 aromatic carbocycles. The normalized spacial score (nSPS) is 13.1. The van der Waals surface area contributed by atoms with Crippen LogP contribution in [-0.2, 0) is 13.0 Å². The molecule has 3 aromatic rings. The highest BCUT2D eigenvalue weighted by Gasteiger charge is 2.19. The summed E-state index contributed by atoms with van der Waals surface area (Å²) in [4.78, 5) is 22.2. The van der Waals surface area contributed by atoms with Gasteiger partial charge in [0.15, 0.2) is 11.5 Å². The zero-order valence-corrected chi connectivity index (χ0v) is 14.2. The maximum absolute atomic E-state index is 12.5. The molecule has 4 rings (SSSR count). The van der Waals surface area contributed by atoms with Crippen LogP contribution < -0.4 is 19.9 Å². The van der Waals surface area contributed by atoms with E-state index in [0.29, 0.717) is 34.8 Å². The maximum Gasteiger partial charge on any atom is 0.258 e. The van der Waals surface area contributed by atoms with Crippen LogP contribution in [0.25, 0.3) is 10.9 Å². The second-order valence-corrected chi connectivity index (χ2v) is 6.04. The van der Waals surface area contributed by atoms with E-state index < -0.39 is 0 Å². The molecule has 0 aliphatic carbocycles. The van der Waals surface area contributed by atoms with Crippen molar-refractivity contribution < 1.29 is 9.47 Å². The molecule has 0 bridgehead atoms. The summed E-state index contributed by atoms with van der Waals surface area (Å²) in [6.07, 6.45) is 1.01. The molecule has 6 heteroatoms. The van der Waals surface area contributed by atoms with Gasteiger partial charge in [-0.15, -0.1) is 0 Å². The lowest BCUT2D eigenvalue weighted by molar-refractivity contribution is 0.355. The van der Waals surface area contributed by atoms with Gasteiger partial charge in [-0.2, -0.15) is 0 Å². The molecule has 0 unspecified atom stereocenters. The SMILES string of the molecule is COc1cc2nc(CN3CCc4ccccc43)[nH]c(=O)c2cc1OC. The van der Waals surface area contributed by atoms with Gasteiger partial charge in [-0.05, 0) is 24.1 Å². The molecule has 0 saturated heterocycles. The molecule has 0 radical (unpaired) electrons. The number of nitrogens with zero attached hydrogens (tertiary/aromatic N) is 2. The molecule has 1 N–H and O–H groups in total. The van der Waals surface area contributed by atoms with Crippen LogP contribution in [0.2, 0.25) is 0 Å². The molecule has 0 atom stereocenters. The van der Waals surface area contributed by atoms with Gasteiger partial charge >= 0.3 is 0 Å². The lowest BCUT2D eigenvalue weighted by Crippen LogP contribution is -2.23. The quantitative estimate of drug-likeness (QED) is 0.792. The van der Waals surface area contributed by atoms with Gasteiger partial charge in [-0.25, -0.2) is 4.98 Å². The van der Waals surface area contributed by atoms with E-state index in [2.05, 4.69) is 33.1 Å². The maximum atomic E-state index is 12.5. The highest BCUT2D eigenvalue weighted by atomic mass is 16.5. The Balaban J connectivity index is 1.73. The van der Waals surface area contributed by atoms with Crippen molar-refractivity contribution in [2.24, 2.45) is 0 Å². The van der Waals surface area contributed by atoms with Crippen molar-refractivity contribution in [1.82, 2.24) is 9.97 Å². The summed E-state index contributed by atoms with van der Waals surface area (Å²) < 4.78 is 10.6. The summed E-state index contributed by atoms with van der Waals surface area (Å²) in [6.45, 7) is 1.49. The molecule has 25 heavy (non-hydrogen) atoms. The molecule has 1 aliphatic heterocycles. The van der Waals surface area contributed by atoms with Gasteiger partial charge in [0, 0.05) is 18.3 Å². The minimum absolute atomic E-state index is 0.173. The van der Waals surface area contributed by atoms with Crippen molar-refractivity contribution in [1.29, 1.82) is 0 Å². The summed E-state index contributed by atoms with van der Waals surface area (Å²) in [5, 5.41) is 0.489. The number of anilines is 1. The number of ether oxygens (including phenoxy) is 2. The first kappa shape index (κ1) is 15.5. The third kappa shape index (κ3) is 2.69. The number of H-pyrrole nitrogens is 1. The van der Waals surface area contributed by atoms with Crippen LogP contribution in [-0.4, -0.2) is 30.7 Å². The smallest absolute Gasteiger partial charge is 0.258 e. The highest BCUT2D eigenvalue weighted by Crippen LogP contribution is 2.31. The summed E-state index contributed by atoms with van der Waals surface area (Å²) >= 11 is 0. The number of hydrogen-bond acceptors (Lipinski definition) is 5. The van der Waals surface area contributed by atoms with Crippen LogP contribution in [0.3, 0.4) is 0 Å². The Morgan fingerprint density at radius 1 is 1.16 bits per heavy atom. The first-order valence-electron chi connectivity index (χ1n) is 8.17. The topological polar surface area (TPSA) is 67.5 Å². The lowest BCUT2D eigenvalue weighted by Gasteiger charge is -2.18. The predicted molar refractivity (Wildman–Crippen MR) is 96.7 cm³/mol. The molecule has 6 nitrogen and oxygen atoms in total. The van der Waals surface area contributed by atoms with Gasteiger partial charge in [-0.1, -0.05) is 18.2 Å². The van der Waals surface area contributed by atoms with Crippen LogP contribution in [0.4, 0.5) is 5.69 Å². The minimum Gasteiger partial charge on any atom is -0.493 e. The van der Waals surface area contributed by atoms with E-state index >= 15 is 0 Å². The van der Waals surface area contributed by atoms with E-state index in [4.69, 9.17) is 9.47 Å². The molecule has 2 heterocycles. The van der Waals surface area contributed by atoms with Crippen molar-refractivity contribution in [3.05, 3.63) is 58.1 Å². The summed E-state index contributed by atoms with van der Waals surface area (Å²) in [5.74, 6) is 1.72. The van der Waals surface area contributed by atoms with Crippen LogP contribution in [0, 0.1) is 0 Å². The number of benzene rings is 2. The Hall–Kier alpha value is -3.02. The van der Waals surface area contributed by atoms with Gasteiger partial charge in [0.2, 0.25) is 0 Å². The van der Waals surface area contributed by atoms with Crippen molar-refractivity contribution in [2.75, 3.05) is 25.7 Å². The lowest BCUT2D eigenvalue weighted by atomic mass is 10.2. The standard InChI is InChI=1S/C19H19N3O3/c1-24-16-9-13-14(10-17(16)25-2)20-18(21-19(13)23)11-22-8-7-12-5-3-4-6-15(12)22/h3-6,9-10H,7-8,11H2,1-2H3,(H,20,21,23). The molecule has 0 fully saturated rings. The molecule has 128 valence electrons. The second-order valence-electron chi connectivity index (χ2n) is 6.04. The van der Waals surface area contributed by atoms with E-state index in [1.807, 2.05) is 6.07 Å². The Morgan fingerprint density at radius 2 is 1.92 bits per heavy atom. The number of hydrogen-bond donors (Lipinski definition) is 1. The average molecular weight is 337 g/mol. The van der Waals surface area contributed by atoms with Crippen LogP contribution in [0.1, 0.15) is 11.4 Å².